The lowest BCUT2D eigenvalue weighted by Crippen LogP contribution is -2.49. The fourth-order valence-electron chi connectivity index (χ4n) is 2.95. The molecule has 1 saturated heterocycles. The number of ether oxygens (including phenoxy) is 2. The number of hydrogen-bond acceptors (Lipinski definition) is 5. The lowest BCUT2D eigenvalue weighted by Gasteiger charge is -2.26. The van der Waals surface area contributed by atoms with Crippen molar-refractivity contribution < 1.29 is 22.7 Å². The largest absolute Gasteiger partial charge is 0.465 e. The minimum atomic E-state index is -3.85. The number of hydrogen-bond donors (Lipinski definition) is 1. The first-order valence-electron chi connectivity index (χ1n) is 8.37. The minimum Gasteiger partial charge on any atom is -0.465 e. The molecular formula is C18H25NO5S. The van der Waals surface area contributed by atoms with Crippen molar-refractivity contribution >= 4 is 16.0 Å². The average molecular weight is 367 g/mol. The summed E-state index contributed by atoms with van der Waals surface area (Å²) in [5.74, 6) is -0.875. The van der Waals surface area contributed by atoms with E-state index < -0.39 is 22.0 Å². The average Bonchev–Trinajstić information content (AvgIpc) is 3.01. The van der Waals surface area contributed by atoms with Crippen molar-refractivity contribution in [3.8, 4) is 0 Å². The second-order valence-electron chi connectivity index (χ2n) is 6.05. The summed E-state index contributed by atoms with van der Waals surface area (Å²) >= 11 is 0. The Hall–Kier alpha value is -1.70. The molecule has 138 valence electrons. The van der Waals surface area contributed by atoms with E-state index in [-0.39, 0.29) is 23.5 Å². The van der Waals surface area contributed by atoms with Gasteiger partial charge in [-0.25, -0.2) is 8.42 Å². The monoisotopic (exact) mass is 367 g/mol. The van der Waals surface area contributed by atoms with Gasteiger partial charge in [0.05, 0.1) is 17.6 Å². The molecule has 0 aliphatic carbocycles. The van der Waals surface area contributed by atoms with Crippen LogP contribution in [0.1, 0.15) is 25.3 Å². The van der Waals surface area contributed by atoms with Crippen LogP contribution in [-0.2, 0) is 24.3 Å². The van der Waals surface area contributed by atoms with Gasteiger partial charge in [-0.1, -0.05) is 23.8 Å². The first-order valence-corrected chi connectivity index (χ1v) is 9.85. The SMILES string of the molecule is C=CC[C@@H]1OCCC1[C@H](NS(=O)(=O)c1ccc(C)cc1)C(=O)OCC. The maximum Gasteiger partial charge on any atom is 0.324 e. The zero-order chi connectivity index (χ0) is 18.4. The standard InChI is InChI=1S/C18H25NO5S/c1-4-6-16-15(11-12-24-16)17(18(20)23-5-2)19-25(21,22)14-9-7-13(3)8-10-14/h4,7-10,15-17,19H,1,5-6,11-12H2,2-3H3/t15?,16-,17-/m0/s1. The summed E-state index contributed by atoms with van der Waals surface area (Å²) in [4.78, 5) is 12.5. The number of benzene rings is 1. The molecule has 1 N–H and O–H groups in total. The van der Waals surface area contributed by atoms with Gasteiger partial charge in [0.25, 0.3) is 0 Å². The highest BCUT2D eigenvalue weighted by molar-refractivity contribution is 7.89. The second kappa shape index (κ2) is 8.60. The number of nitrogens with one attached hydrogen (secondary N) is 1. The molecule has 1 unspecified atom stereocenters. The lowest BCUT2D eigenvalue weighted by atomic mass is 9.91. The number of carbonyl (C=O) groups excluding carboxylic acids is 1. The number of rotatable bonds is 8. The van der Waals surface area contributed by atoms with Crippen LogP contribution in [0, 0.1) is 12.8 Å². The van der Waals surface area contributed by atoms with Gasteiger partial charge in [0, 0.05) is 12.5 Å². The van der Waals surface area contributed by atoms with Crippen LogP contribution in [0.4, 0.5) is 0 Å². The second-order valence-corrected chi connectivity index (χ2v) is 7.76. The van der Waals surface area contributed by atoms with Crippen molar-refractivity contribution in [1.29, 1.82) is 0 Å². The number of aryl methyl sites for hydroxylation is 1. The molecule has 1 fully saturated rings. The Morgan fingerprint density at radius 2 is 2.12 bits per heavy atom. The van der Waals surface area contributed by atoms with Crippen LogP contribution in [0.5, 0.6) is 0 Å². The molecule has 0 aromatic heterocycles. The predicted molar refractivity (Wildman–Crippen MR) is 94.6 cm³/mol. The Morgan fingerprint density at radius 1 is 1.44 bits per heavy atom. The van der Waals surface area contributed by atoms with E-state index in [9.17, 15) is 13.2 Å². The Kier molecular flexibility index (Phi) is 6.75. The summed E-state index contributed by atoms with van der Waals surface area (Å²) in [5, 5.41) is 0. The van der Waals surface area contributed by atoms with Gasteiger partial charge in [0.1, 0.15) is 6.04 Å². The van der Waals surface area contributed by atoms with Gasteiger partial charge in [0.15, 0.2) is 0 Å². The maximum atomic E-state index is 12.7. The molecule has 0 radical (unpaired) electrons. The molecule has 0 spiro atoms. The van der Waals surface area contributed by atoms with Gasteiger partial charge in [-0.3, -0.25) is 4.79 Å². The van der Waals surface area contributed by atoms with Crippen molar-refractivity contribution in [2.24, 2.45) is 5.92 Å². The van der Waals surface area contributed by atoms with Crippen LogP contribution in [0.3, 0.4) is 0 Å². The van der Waals surface area contributed by atoms with Crippen LogP contribution >= 0.6 is 0 Å². The minimum absolute atomic E-state index is 0.117. The molecule has 2 rings (SSSR count). The highest BCUT2D eigenvalue weighted by Gasteiger charge is 2.41. The third-order valence-electron chi connectivity index (χ3n) is 4.24. The normalized spacial score (nSPS) is 21.7. The molecule has 1 aromatic carbocycles. The fourth-order valence-corrected chi connectivity index (χ4v) is 4.18. The molecule has 3 atom stereocenters. The van der Waals surface area contributed by atoms with Crippen LogP contribution in [-0.4, -0.2) is 39.7 Å². The molecule has 1 aliphatic rings. The summed E-state index contributed by atoms with van der Waals surface area (Å²) in [6.07, 6.45) is 2.58. The summed E-state index contributed by atoms with van der Waals surface area (Å²) in [5.41, 5.74) is 0.955. The summed E-state index contributed by atoms with van der Waals surface area (Å²) in [6, 6.07) is 5.48. The molecule has 1 aliphatic heterocycles. The molecule has 0 saturated carbocycles. The van der Waals surface area contributed by atoms with Gasteiger partial charge >= 0.3 is 5.97 Å². The van der Waals surface area contributed by atoms with Crippen LogP contribution in [0.2, 0.25) is 0 Å². The molecule has 6 nitrogen and oxygen atoms in total. The van der Waals surface area contributed by atoms with E-state index in [2.05, 4.69) is 11.3 Å². The highest BCUT2D eigenvalue weighted by Crippen LogP contribution is 2.28. The van der Waals surface area contributed by atoms with Crippen molar-refractivity contribution in [3.63, 3.8) is 0 Å². The van der Waals surface area contributed by atoms with E-state index in [0.29, 0.717) is 19.4 Å². The van der Waals surface area contributed by atoms with E-state index in [1.54, 1.807) is 25.1 Å². The van der Waals surface area contributed by atoms with E-state index in [0.717, 1.165) is 5.56 Å². The quantitative estimate of drug-likeness (QED) is 0.563. The van der Waals surface area contributed by atoms with Crippen LogP contribution in [0.15, 0.2) is 41.8 Å². The van der Waals surface area contributed by atoms with Crippen molar-refractivity contribution in [2.45, 2.75) is 43.7 Å². The number of carbonyl (C=O) groups is 1. The zero-order valence-electron chi connectivity index (χ0n) is 14.6. The molecule has 7 heteroatoms. The molecule has 1 aromatic rings. The summed E-state index contributed by atoms with van der Waals surface area (Å²) in [6.45, 7) is 7.92. The van der Waals surface area contributed by atoms with Crippen molar-refractivity contribution in [3.05, 3.63) is 42.5 Å². The van der Waals surface area contributed by atoms with Gasteiger partial charge in [0.2, 0.25) is 10.0 Å². The highest BCUT2D eigenvalue weighted by atomic mass is 32.2. The predicted octanol–water partition coefficient (Wildman–Crippen LogP) is 2.19. The number of sulfonamides is 1. The van der Waals surface area contributed by atoms with Crippen molar-refractivity contribution in [2.75, 3.05) is 13.2 Å². The third kappa shape index (κ3) is 4.90. The van der Waals surface area contributed by atoms with Gasteiger partial charge in [-0.15, -0.1) is 6.58 Å². The van der Waals surface area contributed by atoms with Crippen LogP contribution < -0.4 is 4.72 Å². The molecule has 0 amide bonds. The van der Waals surface area contributed by atoms with E-state index in [1.165, 1.54) is 12.1 Å². The fraction of sp³-hybridized carbons (Fsp3) is 0.500. The summed E-state index contributed by atoms with van der Waals surface area (Å²) in [7, 11) is -3.85. The first kappa shape index (κ1) is 19.6. The third-order valence-corrected chi connectivity index (χ3v) is 5.70. The Bertz CT molecular complexity index is 699. The molecular weight excluding hydrogens is 342 g/mol. The van der Waals surface area contributed by atoms with Gasteiger partial charge in [-0.2, -0.15) is 4.72 Å². The maximum absolute atomic E-state index is 12.7. The molecule has 1 heterocycles. The molecule has 25 heavy (non-hydrogen) atoms. The van der Waals surface area contributed by atoms with Gasteiger partial charge in [-0.05, 0) is 38.8 Å². The van der Waals surface area contributed by atoms with Gasteiger partial charge < -0.3 is 9.47 Å². The first-order chi connectivity index (χ1) is 11.9. The Balaban J connectivity index is 2.27. The van der Waals surface area contributed by atoms with E-state index in [4.69, 9.17) is 9.47 Å². The lowest BCUT2D eigenvalue weighted by molar-refractivity contribution is -0.147. The zero-order valence-corrected chi connectivity index (χ0v) is 15.4. The van der Waals surface area contributed by atoms with E-state index in [1.807, 2.05) is 6.92 Å². The molecule has 0 bridgehead atoms. The topological polar surface area (TPSA) is 81.7 Å². The smallest absolute Gasteiger partial charge is 0.324 e. The summed E-state index contributed by atoms with van der Waals surface area (Å²) < 4.78 is 38.7. The Morgan fingerprint density at radius 3 is 2.72 bits per heavy atom. The number of esters is 1. The van der Waals surface area contributed by atoms with Crippen molar-refractivity contribution in [1.82, 2.24) is 4.72 Å². The Labute approximate surface area is 149 Å². The van der Waals surface area contributed by atoms with E-state index >= 15 is 0 Å². The van der Waals surface area contributed by atoms with Crippen LogP contribution in [0.25, 0.3) is 0 Å².